The molecule has 1 aromatic rings. The number of thioether (sulfide) groups is 1. The number of ketones is 1. The number of rotatable bonds is 3. The molecular weight excluding hydrogens is 213 g/mol. The van der Waals surface area contributed by atoms with E-state index in [0.717, 1.165) is 12.1 Å². The van der Waals surface area contributed by atoms with Crippen molar-refractivity contribution < 1.29 is 18.0 Å². The first kappa shape index (κ1) is 11.1. The molecule has 0 heterocycles. The second-order valence-corrected chi connectivity index (χ2v) is 3.39. The van der Waals surface area contributed by atoms with Crippen molar-refractivity contribution in [1.82, 2.24) is 0 Å². The minimum atomic E-state index is -3.17. The Morgan fingerprint density at radius 2 is 2.07 bits per heavy atom. The predicted octanol–water partition coefficient (Wildman–Crippen LogP) is 3.00. The van der Waals surface area contributed by atoms with Gasteiger partial charge in [-0.3, -0.25) is 4.79 Å². The van der Waals surface area contributed by atoms with E-state index in [4.69, 9.17) is 0 Å². The molecule has 0 saturated carbocycles. The van der Waals surface area contributed by atoms with Crippen LogP contribution in [0, 0.1) is 5.82 Å². The quantitative estimate of drug-likeness (QED) is 0.575. The van der Waals surface area contributed by atoms with Gasteiger partial charge in [0.05, 0.1) is 5.56 Å². The zero-order valence-electron chi connectivity index (χ0n) is 7.26. The lowest BCUT2D eigenvalue weighted by atomic mass is 10.1. The minimum absolute atomic E-state index is 0.549. The van der Waals surface area contributed by atoms with Crippen molar-refractivity contribution in [2.24, 2.45) is 0 Å². The largest absolute Gasteiger partial charge is 0.300 e. The predicted molar refractivity (Wildman–Crippen MR) is 48.5 cm³/mol. The summed E-state index contributed by atoms with van der Waals surface area (Å²) in [5.41, 5.74) is -0.549. The topological polar surface area (TPSA) is 17.1 Å². The molecule has 0 fully saturated rings. The average molecular weight is 220 g/mol. The van der Waals surface area contributed by atoms with Crippen LogP contribution < -0.4 is 0 Å². The summed E-state index contributed by atoms with van der Waals surface area (Å²) >= 11 is 1.26. The van der Waals surface area contributed by atoms with E-state index >= 15 is 0 Å². The molecule has 0 unspecified atom stereocenters. The average Bonchev–Trinajstić information content (AvgIpc) is 2.17. The van der Waals surface area contributed by atoms with Crippen LogP contribution in [0.2, 0.25) is 0 Å². The van der Waals surface area contributed by atoms with Gasteiger partial charge in [0.25, 0.3) is 0 Å². The molecule has 0 aliphatic rings. The molecule has 0 aliphatic heterocycles. The Morgan fingerprint density at radius 3 is 2.57 bits per heavy atom. The smallest absolute Gasteiger partial charge is 0.288 e. The highest BCUT2D eigenvalue weighted by molar-refractivity contribution is 7.98. The number of Topliss-reactive ketones (excluding diaryl/α,β-unsaturated/α-hetero) is 1. The van der Waals surface area contributed by atoms with Crippen LogP contribution in [-0.2, 0) is 0 Å². The lowest BCUT2D eigenvalue weighted by molar-refractivity contribution is 0.0674. The molecule has 0 N–H and O–H groups in total. The third-order valence-corrected chi connectivity index (χ3v) is 2.36. The highest BCUT2D eigenvalue weighted by atomic mass is 32.2. The Morgan fingerprint density at radius 1 is 1.43 bits per heavy atom. The molecule has 5 heteroatoms. The van der Waals surface area contributed by atoms with E-state index in [1.165, 1.54) is 17.8 Å². The van der Waals surface area contributed by atoms with Crippen LogP contribution in [0.15, 0.2) is 23.1 Å². The fraction of sp³-hybridized carbons (Fsp3) is 0.222. The fourth-order valence-electron chi connectivity index (χ4n) is 0.938. The van der Waals surface area contributed by atoms with E-state index in [1.54, 1.807) is 6.26 Å². The Kier molecular flexibility index (Phi) is 3.57. The summed E-state index contributed by atoms with van der Waals surface area (Å²) in [7, 11) is 0. The van der Waals surface area contributed by atoms with Crippen LogP contribution in [0.4, 0.5) is 13.2 Å². The summed E-state index contributed by atoms with van der Waals surface area (Å²) in [4.78, 5) is 11.4. The summed E-state index contributed by atoms with van der Waals surface area (Å²) < 4.78 is 37.0. The molecule has 76 valence electrons. The van der Waals surface area contributed by atoms with Crippen molar-refractivity contribution in [2.75, 3.05) is 6.26 Å². The standard InChI is InChI=1S/C9H7F3OS/c1-14-5-2-3-7(10)6(4-5)8(13)9(11)12/h2-4,9H,1H3. The Hall–Kier alpha value is -0.970. The highest BCUT2D eigenvalue weighted by Crippen LogP contribution is 2.20. The van der Waals surface area contributed by atoms with Gasteiger partial charge in [-0.15, -0.1) is 11.8 Å². The van der Waals surface area contributed by atoms with Crippen LogP contribution in [0.25, 0.3) is 0 Å². The van der Waals surface area contributed by atoms with Crippen molar-refractivity contribution >= 4 is 17.5 Å². The number of carbonyl (C=O) groups excluding carboxylic acids is 1. The van der Waals surface area contributed by atoms with Crippen molar-refractivity contribution in [3.8, 4) is 0 Å². The SMILES string of the molecule is CSc1ccc(F)c(C(=O)C(F)F)c1. The van der Waals surface area contributed by atoms with Gasteiger partial charge in [0, 0.05) is 4.90 Å². The van der Waals surface area contributed by atoms with Crippen LogP contribution in [0.3, 0.4) is 0 Å². The molecule has 0 aliphatic carbocycles. The van der Waals surface area contributed by atoms with E-state index in [2.05, 4.69) is 0 Å². The van der Waals surface area contributed by atoms with Crippen LogP contribution in [-0.4, -0.2) is 18.5 Å². The van der Waals surface area contributed by atoms with E-state index in [9.17, 15) is 18.0 Å². The maximum Gasteiger partial charge on any atom is 0.300 e. The van der Waals surface area contributed by atoms with Gasteiger partial charge < -0.3 is 0 Å². The molecule has 0 atom stereocenters. The summed E-state index contributed by atoms with van der Waals surface area (Å²) in [5, 5.41) is 0. The van der Waals surface area contributed by atoms with Crippen molar-refractivity contribution in [3.05, 3.63) is 29.6 Å². The van der Waals surface area contributed by atoms with Gasteiger partial charge >= 0.3 is 6.43 Å². The lowest BCUT2D eigenvalue weighted by Crippen LogP contribution is -2.12. The number of hydrogen-bond acceptors (Lipinski definition) is 2. The Labute approximate surface area is 83.3 Å². The van der Waals surface area contributed by atoms with Gasteiger partial charge in [-0.1, -0.05) is 0 Å². The lowest BCUT2D eigenvalue weighted by Gasteiger charge is -2.03. The zero-order chi connectivity index (χ0) is 10.7. The molecule has 1 rings (SSSR count). The molecule has 1 aromatic carbocycles. The van der Waals surface area contributed by atoms with Gasteiger partial charge in [0.15, 0.2) is 0 Å². The third-order valence-electron chi connectivity index (χ3n) is 1.64. The maximum absolute atomic E-state index is 13.0. The first-order valence-corrected chi connectivity index (χ1v) is 4.94. The molecule has 0 saturated heterocycles. The number of hydrogen-bond donors (Lipinski definition) is 0. The van der Waals surface area contributed by atoms with Gasteiger partial charge in [0.2, 0.25) is 5.78 Å². The molecule has 0 aromatic heterocycles. The van der Waals surface area contributed by atoms with Crippen LogP contribution >= 0.6 is 11.8 Å². The molecule has 0 spiro atoms. The molecule has 0 bridgehead atoms. The number of benzene rings is 1. The van der Waals surface area contributed by atoms with Crippen molar-refractivity contribution in [1.29, 1.82) is 0 Å². The normalized spacial score (nSPS) is 10.6. The van der Waals surface area contributed by atoms with Crippen LogP contribution in [0.1, 0.15) is 10.4 Å². The molecule has 0 radical (unpaired) electrons. The second kappa shape index (κ2) is 4.50. The van der Waals surface area contributed by atoms with Crippen LogP contribution in [0.5, 0.6) is 0 Å². The summed E-state index contributed by atoms with van der Waals surface area (Å²) in [6.07, 6.45) is -1.45. The van der Waals surface area contributed by atoms with Crippen molar-refractivity contribution in [2.45, 2.75) is 11.3 Å². The van der Waals surface area contributed by atoms with E-state index < -0.39 is 23.6 Å². The zero-order valence-corrected chi connectivity index (χ0v) is 8.08. The van der Waals surface area contributed by atoms with Crippen molar-refractivity contribution in [3.63, 3.8) is 0 Å². The van der Waals surface area contributed by atoms with Gasteiger partial charge in [-0.05, 0) is 24.5 Å². The second-order valence-electron chi connectivity index (χ2n) is 2.51. The number of alkyl halides is 2. The highest BCUT2D eigenvalue weighted by Gasteiger charge is 2.21. The van der Waals surface area contributed by atoms with E-state index in [1.807, 2.05) is 0 Å². The Bertz CT molecular complexity index is 352. The van der Waals surface area contributed by atoms with Gasteiger partial charge in [0.1, 0.15) is 5.82 Å². The molecule has 14 heavy (non-hydrogen) atoms. The summed E-state index contributed by atoms with van der Waals surface area (Å²) in [6.45, 7) is 0. The minimum Gasteiger partial charge on any atom is -0.288 e. The summed E-state index contributed by atoms with van der Waals surface area (Å²) in [6, 6.07) is 3.58. The monoisotopic (exact) mass is 220 g/mol. The van der Waals surface area contributed by atoms with Gasteiger partial charge in [-0.2, -0.15) is 0 Å². The molecule has 0 amide bonds. The van der Waals surface area contributed by atoms with E-state index in [-0.39, 0.29) is 0 Å². The summed E-state index contributed by atoms with van der Waals surface area (Å²) in [5.74, 6) is -2.38. The first-order chi connectivity index (χ1) is 6.56. The number of halogens is 3. The third kappa shape index (κ3) is 2.29. The Balaban J connectivity index is 3.12. The molecular formula is C9H7F3OS. The number of carbonyl (C=O) groups is 1. The van der Waals surface area contributed by atoms with E-state index in [0.29, 0.717) is 4.90 Å². The molecule has 1 nitrogen and oxygen atoms in total. The fourth-order valence-corrected chi connectivity index (χ4v) is 1.38. The first-order valence-electron chi connectivity index (χ1n) is 3.72. The van der Waals surface area contributed by atoms with Gasteiger partial charge in [-0.25, -0.2) is 13.2 Å². The maximum atomic E-state index is 13.0.